The third-order valence-electron chi connectivity index (χ3n) is 7.31. The number of aryl methyl sites for hydroxylation is 1. The molecule has 0 amide bonds. The van der Waals surface area contributed by atoms with Gasteiger partial charge in [0.05, 0.1) is 23.9 Å². The fraction of sp³-hybridized carbons (Fsp3) is 0.375. The van der Waals surface area contributed by atoms with Crippen LogP contribution in [-0.4, -0.2) is 48.0 Å². The van der Waals surface area contributed by atoms with Crippen molar-refractivity contribution in [3.8, 4) is 0 Å². The second-order valence-corrected chi connectivity index (χ2v) is 9.12. The Hall–Kier alpha value is -3.07. The van der Waals surface area contributed by atoms with Crippen molar-refractivity contribution >= 4 is 27.8 Å². The Morgan fingerprint density at radius 3 is 2.91 bits per heavy atom. The number of hydrogen-bond acceptors (Lipinski definition) is 7. The zero-order valence-corrected chi connectivity index (χ0v) is 17.8. The van der Waals surface area contributed by atoms with Crippen molar-refractivity contribution < 1.29 is 14.9 Å². The number of rotatable bonds is 3. The summed E-state index contributed by atoms with van der Waals surface area (Å²) in [6, 6.07) is 11.8. The molecule has 3 aromatic heterocycles. The fourth-order valence-corrected chi connectivity index (χ4v) is 5.59. The van der Waals surface area contributed by atoms with Crippen molar-refractivity contribution in [3.05, 3.63) is 60.2 Å². The molecule has 0 spiro atoms. The number of ether oxygens (including phenoxy) is 1. The molecule has 8 heteroatoms. The third kappa shape index (κ3) is 2.63. The van der Waals surface area contributed by atoms with Crippen molar-refractivity contribution in [2.45, 2.75) is 43.6 Å². The number of aliphatic hydroxyl groups is 2. The highest BCUT2D eigenvalue weighted by Crippen LogP contribution is 2.52. The van der Waals surface area contributed by atoms with Crippen molar-refractivity contribution in [1.82, 2.24) is 19.5 Å². The number of fused-ring (bicyclic) bond motifs is 3. The minimum absolute atomic E-state index is 0.00725. The minimum atomic E-state index is -1.59. The highest BCUT2D eigenvalue weighted by molar-refractivity contribution is 5.80. The smallest absolute Gasteiger partial charge is 0.198 e. The highest BCUT2D eigenvalue weighted by Gasteiger charge is 2.66. The number of pyridine rings is 1. The zero-order chi connectivity index (χ0) is 22.1. The molecule has 0 unspecified atom stereocenters. The van der Waals surface area contributed by atoms with Crippen LogP contribution in [0.4, 0.5) is 5.82 Å². The van der Waals surface area contributed by atoms with E-state index < -0.39 is 17.4 Å². The first-order chi connectivity index (χ1) is 15.4. The van der Waals surface area contributed by atoms with Crippen molar-refractivity contribution in [3.63, 3.8) is 0 Å². The number of nitrogens with two attached hydrogens (primary N) is 1. The van der Waals surface area contributed by atoms with E-state index >= 15 is 0 Å². The molecule has 0 bridgehead atoms. The number of nitrogen functional groups attached to an aromatic ring is 1. The summed E-state index contributed by atoms with van der Waals surface area (Å²) >= 11 is 0. The standard InChI is InChI=1S/C24H25N5O3/c1-14-18-7-9-29(22(18)27-13-26-14)24(31)12-32-21-17(6-8-23(21,24)30)10-15-2-3-16-4-5-20(25)28-19(16)11-15/h2-5,7,9,11,13,17,21,30-31H,6,8,10,12H2,1H3,(H2,25,28)/t17-,21+,23+,24-/m0/s1. The van der Waals surface area contributed by atoms with Crippen LogP contribution in [-0.2, 0) is 16.9 Å². The molecule has 0 radical (unpaired) electrons. The molecule has 4 heterocycles. The molecule has 1 saturated carbocycles. The lowest BCUT2D eigenvalue weighted by Crippen LogP contribution is -2.56. The lowest BCUT2D eigenvalue weighted by atomic mass is 9.86. The second-order valence-electron chi connectivity index (χ2n) is 9.12. The van der Waals surface area contributed by atoms with Crippen LogP contribution in [0.3, 0.4) is 0 Å². The van der Waals surface area contributed by atoms with Gasteiger partial charge in [-0.15, -0.1) is 0 Å². The van der Waals surface area contributed by atoms with Crippen LogP contribution in [0.1, 0.15) is 24.1 Å². The van der Waals surface area contributed by atoms with Gasteiger partial charge in [0.25, 0.3) is 0 Å². The Morgan fingerprint density at radius 2 is 2.03 bits per heavy atom. The molecule has 4 N–H and O–H groups in total. The number of hydrogen-bond donors (Lipinski definition) is 3. The van der Waals surface area contributed by atoms with Crippen molar-refractivity contribution in [2.75, 3.05) is 12.3 Å². The van der Waals surface area contributed by atoms with Gasteiger partial charge in [-0.2, -0.15) is 0 Å². The molecule has 1 saturated heterocycles. The molecule has 2 fully saturated rings. The average Bonchev–Trinajstić information content (AvgIpc) is 3.42. The summed E-state index contributed by atoms with van der Waals surface area (Å²) in [5.74, 6) is 0.567. The lowest BCUT2D eigenvalue weighted by molar-refractivity contribution is -0.173. The number of aromatic nitrogens is 4. The quantitative estimate of drug-likeness (QED) is 0.455. The van der Waals surface area contributed by atoms with Gasteiger partial charge in [0.15, 0.2) is 5.72 Å². The van der Waals surface area contributed by atoms with E-state index in [1.54, 1.807) is 16.8 Å². The molecule has 1 aliphatic heterocycles. The number of anilines is 1. The summed E-state index contributed by atoms with van der Waals surface area (Å²) < 4.78 is 7.74. The molecule has 4 atom stereocenters. The molecule has 2 aliphatic rings. The molecule has 8 nitrogen and oxygen atoms in total. The fourth-order valence-electron chi connectivity index (χ4n) is 5.59. The van der Waals surface area contributed by atoms with Crippen LogP contribution in [0.2, 0.25) is 0 Å². The highest BCUT2D eigenvalue weighted by atomic mass is 16.5. The molecule has 32 heavy (non-hydrogen) atoms. The maximum absolute atomic E-state index is 11.7. The van der Waals surface area contributed by atoms with E-state index in [9.17, 15) is 10.2 Å². The average molecular weight is 431 g/mol. The van der Waals surface area contributed by atoms with Crippen LogP contribution in [0.15, 0.2) is 48.9 Å². The van der Waals surface area contributed by atoms with Gasteiger partial charge in [0.1, 0.15) is 23.4 Å². The van der Waals surface area contributed by atoms with E-state index in [4.69, 9.17) is 10.5 Å². The van der Waals surface area contributed by atoms with E-state index in [1.807, 2.05) is 31.2 Å². The van der Waals surface area contributed by atoms with Gasteiger partial charge < -0.3 is 20.7 Å². The van der Waals surface area contributed by atoms with Gasteiger partial charge in [0.2, 0.25) is 0 Å². The summed E-state index contributed by atoms with van der Waals surface area (Å²) in [5.41, 5.74) is 6.25. The van der Waals surface area contributed by atoms with Crippen LogP contribution in [0.5, 0.6) is 0 Å². The molecule has 1 aliphatic carbocycles. The number of benzene rings is 1. The molecule has 164 valence electrons. The van der Waals surface area contributed by atoms with Gasteiger partial charge in [-0.05, 0) is 61.9 Å². The van der Waals surface area contributed by atoms with Gasteiger partial charge in [-0.3, -0.25) is 4.57 Å². The van der Waals surface area contributed by atoms with Gasteiger partial charge in [-0.25, -0.2) is 15.0 Å². The van der Waals surface area contributed by atoms with E-state index in [-0.39, 0.29) is 12.5 Å². The Bertz CT molecular complexity index is 1350. The molecule has 6 rings (SSSR count). The summed E-state index contributed by atoms with van der Waals surface area (Å²) in [6.45, 7) is 1.91. The molecule has 1 aromatic carbocycles. The van der Waals surface area contributed by atoms with Gasteiger partial charge in [-0.1, -0.05) is 12.1 Å². The minimum Gasteiger partial charge on any atom is -0.384 e. The summed E-state index contributed by atoms with van der Waals surface area (Å²) in [6.07, 6.45) is 4.69. The Balaban J connectivity index is 1.32. The van der Waals surface area contributed by atoms with E-state index in [1.165, 1.54) is 6.33 Å². The predicted molar refractivity (Wildman–Crippen MR) is 120 cm³/mol. The van der Waals surface area contributed by atoms with Gasteiger partial charge >= 0.3 is 0 Å². The Morgan fingerprint density at radius 1 is 1.19 bits per heavy atom. The lowest BCUT2D eigenvalue weighted by Gasteiger charge is -2.37. The molecular weight excluding hydrogens is 406 g/mol. The summed E-state index contributed by atoms with van der Waals surface area (Å²) in [4.78, 5) is 13.0. The van der Waals surface area contributed by atoms with E-state index in [0.29, 0.717) is 17.9 Å². The van der Waals surface area contributed by atoms with Crippen LogP contribution < -0.4 is 5.73 Å². The van der Waals surface area contributed by atoms with Crippen LogP contribution in [0, 0.1) is 12.8 Å². The summed E-state index contributed by atoms with van der Waals surface area (Å²) in [7, 11) is 0. The van der Waals surface area contributed by atoms with Crippen molar-refractivity contribution in [2.24, 2.45) is 5.92 Å². The Kier molecular flexibility index (Phi) is 4.11. The second kappa shape index (κ2) is 6.71. The largest absolute Gasteiger partial charge is 0.384 e. The Labute approximate surface area is 184 Å². The number of nitrogens with zero attached hydrogens (tertiary/aromatic N) is 4. The van der Waals surface area contributed by atoms with Gasteiger partial charge in [0, 0.05) is 17.0 Å². The van der Waals surface area contributed by atoms with E-state index in [0.717, 1.165) is 40.4 Å². The maximum atomic E-state index is 11.7. The monoisotopic (exact) mass is 431 g/mol. The SMILES string of the molecule is Cc1ncnc2c1ccn2[C@]1(O)CO[C@@H]2[C@H](Cc3ccc4ccc(N)nc4c3)CC[C@@]21O. The molecular formula is C24H25N5O3. The van der Waals surface area contributed by atoms with E-state index in [2.05, 4.69) is 21.0 Å². The van der Waals surface area contributed by atoms with Crippen LogP contribution >= 0.6 is 0 Å². The topological polar surface area (TPSA) is 119 Å². The normalized spacial score (nSPS) is 29.7. The predicted octanol–water partition coefficient (Wildman–Crippen LogP) is 2.30. The summed E-state index contributed by atoms with van der Waals surface area (Å²) in [5, 5.41) is 25.4. The third-order valence-corrected chi connectivity index (χ3v) is 7.31. The first kappa shape index (κ1) is 19.6. The van der Waals surface area contributed by atoms with Crippen molar-refractivity contribution in [1.29, 1.82) is 0 Å². The zero-order valence-electron chi connectivity index (χ0n) is 17.8. The van der Waals surface area contributed by atoms with Crippen LogP contribution in [0.25, 0.3) is 21.9 Å². The first-order valence-corrected chi connectivity index (χ1v) is 10.9. The first-order valence-electron chi connectivity index (χ1n) is 10.9. The molecule has 4 aromatic rings. The maximum Gasteiger partial charge on any atom is 0.198 e.